The minimum absolute atomic E-state index is 0.0115. The van der Waals surface area contributed by atoms with Gasteiger partial charge in [0.25, 0.3) is 0 Å². The number of aliphatic hydroxyl groups excluding tert-OH is 3. The first-order valence-corrected chi connectivity index (χ1v) is 26.1. The Labute approximate surface area is 388 Å². The highest BCUT2D eigenvalue weighted by Crippen LogP contribution is 2.26. The third kappa shape index (κ3) is 34.8. The average molecular weight is 925 g/mol. The first-order chi connectivity index (χ1) is 31.1. The van der Waals surface area contributed by atoms with Gasteiger partial charge in [0.15, 0.2) is 6.29 Å². The molecule has 0 spiro atoms. The zero-order valence-corrected chi connectivity index (χ0v) is 40.4. The number of rotatable bonds is 42. The fourth-order valence-electron chi connectivity index (χ4n) is 7.15. The Balaban J connectivity index is 2.42. The SMILES string of the molecule is CC/C=C\C/C=C\C/C=C\C/C=C\C/C=C\C/C=C\CCCCCOCC(COC1OC(CO)C(O)C(OS(=O)(=O)O)C1O)OC(=O)CCCCCCCCCCCCCCCCC. The van der Waals surface area contributed by atoms with Crippen molar-refractivity contribution in [1.29, 1.82) is 0 Å². The number of hydrogen-bond acceptors (Lipinski definition) is 11. The van der Waals surface area contributed by atoms with E-state index in [0.717, 1.165) is 83.5 Å². The van der Waals surface area contributed by atoms with E-state index < -0.39 is 59.8 Å². The number of hydrogen-bond donors (Lipinski definition) is 4. The van der Waals surface area contributed by atoms with Gasteiger partial charge in [-0.2, -0.15) is 8.42 Å². The van der Waals surface area contributed by atoms with Crippen LogP contribution in [0.1, 0.15) is 181 Å². The van der Waals surface area contributed by atoms with E-state index >= 15 is 0 Å². The van der Waals surface area contributed by atoms with E-state index in [2.05, 4.69) is 90.9 Å². The third-order valence-corrected chi connectivity index (χ3v) is 11.3. The zero-order chi connectivity index (χ0) is 46.8. The Kier molecular flexibility index (Phi) is 39.0. The summed E-state index contributed by atoms with van der Waals surface area (Å²) in [6.07, 6.45) is 45.0. The van der Waals surface area contributed by atoms with Gasteiger partial charge in [0.2, 0.25) is 0 Å². The second-order valence-corrected chi connectivity index (χ2v) is 17.7. The molecular weight excluding hydrogens is 837 g/mol. The highest BCUT2D eigenvalue weighted by molar-refractivity contribution is 7.80. The molecule has 1 aliphatic heterocycles. The lowest BCUT2D eigenvalue weighted by molar-refractivity contribution is -0.301. The van der Waals surface area contributed by atoms with Crippen LogP contribution < -0.4 is 0 Å². The van der Waals surface area contributed by atoms with Crippen molar-refractivity contribution >= 4 is 16.4 Å². The van der Waals surface area contributed by atoms with Crippen LogP contribution in [0.5, 0.6) is 0 Å². The maximum Gasteiger partial charge on any atom is 0.397 e. The maximum absolute atomic E-state index is 12.9. The number of carbonyl (C=O) groups excluding carboxylic acids is 1. The molecule has 1 heterocycles. The van der Waals surface area contributed by atoms with Crippen LogP contribution in [-0.4, -0.2) is 97.5 Å². The van der Waals surface area contributed by atoms with Gasteiger partial charge in [-0.25, -0.2) is 4.18 Å². The number of allylic oxidation sites excluding steroid dienone is 12. The lowest BCUT2D eigenvalue weighted by Crippen LogP contribution is -2.60. The van der Waals surface area contributed by atoms with E-state index in [1.807, 2.05) is 0 Å². The minimum atomic E-state index is -5.07. The molecule has 0 bridgehead atoms. The molecule has 0 amide bonds. The summed E-state index contributed by atoms with van der Waals surface area (Å²) in [6, 6.07) is 0. The van der Waals surface area contributed by atoms with Crippen molar-refractivity contribution in [1.82, 2.24) is 0 Å². The van der Waals surface area contributed by atoms with Crippen molar-refractivity contribution in [2.75, 3.05) is 26.4 Å². The molecule has 0 aromatic carbocycles. The number of carbonyl (C=O) groups is 1. The number of esters is 1. The summed E-state index contributed by atoms with van der Waals surface area (Å²) in [5, 5.41) is 30.7. The largest absolute Gasteiger partial charge is 0.457 e. The summed E-state index contributed by atoms with van der Waals surface area (Å²) in [5.74, 6) is -0.412. The Morgan fingerprint density at radius 2 is 1.08 bits per heavy atom. The molecule has 1 fully saturated rings. The molecule has 1 saturated heterocycles. The minimum Gasteiger partial charge on any atom is -0.457 e. The highest BCUT2D eigenvalue weighted by Gasteiger charge is 2.48. The zero-order valence-electron chi connectivity index (χ0n) is 39.6. The monoisotopic (exact) mass is 925 g/mol. The van der Waals surface area contributed by atoms with Gasteiger partial charge in [0.1, 0.15) is 30.5 Å². The summed E-state index contributed by atoms with van der Waals surface area (Å²) in [7, 11) is -5.07. The molecule has 6 unspecified atom stereocenters. The lowest BCUT2D eigenvalue weighted by Gasteiger charge is -2.41. The van der Waals surface area contributed by atoms with Gasteiger partial charge in [0.05, 0.1) is 19.8 Å². The van der Waals surface area contributed by atoms with Crippen molar-refractivity contribution < 1.29 is 56.2 Å². The molecule has 0 radical (unpaired) electrons. The van der Waals surface area contributed by atoms with Crippen LogP contribution in [0.15, 0.2) is 72.9 Å². The number of ether oxygens (including phenoxy) is 4. The summed E-state index contributed by atoms with van der Waals surface area (Å²) in [5.41, 5.74) is 0. The fourth-order valence-corrected chi connectivity index (χ4v) is 7.65. The van der Waals surface area contributed by atoms with Crippen LogP contribution in [0, 0.1) is 0 Å². The quantitative estimate of drug-likeness (QED) is 0.0197. The van der Waals surface area contributed by atoms with E-state index in [4.69, 9.17) is 18.9 Å². The predicted molar refractivity (Wildman–Crippen MR) is 257 cm³/mol. The molecule has 1 aliphatic rings. The van der Waals surface area contributed by atoms with E-state index in [1.54, 1.807) is 0 Å². The van der Waals surface area contributed by atoms with E-state index in [9.17, 15) is 33.1 Å². The molecule has 13 heteroatoms. The first kappa shape index (κ1) is 59.6. The Morgan fingerprint density at radius 3 is 1.56 bits per heavy atom. The maximum atomic E-state index is 12.9. The third-order valence-electron chi connectivity index (χ3n) is 10.8. The van der Waals surface area contributed by atoms with Crippen LogP contribution in [0.25, 0.3) is 0 Å². The van der Waals surface area contributed by atoms with Gasteiger partial charge in [0, 0.05) is 13.0 Å². The standard InChI is InChI=1S/C51H88O12S/c1-3-5-7-9-11-13-15-17-19-20-21-22-23-24-25-27-29-31-33-35-37-39-41-59-43-45(44-60-51-49(55)50(63-64(56,57)58)48(54)46(42-52)62-51)61-47(53)40-38-36-34-32-30-28-26-18-16-14-12-10-8-6-4-2/h5,7,11,13,17,19,21-22,24-25,29,31,45-46,48-52,54-55H,3-4,6,8-10,12,14-16,18,20,23,26-28,30,32-44H2,1-2H3,(H,56,57,58)/b7-5-,13-11-,19-17-,22-21-,25-24-,31-29-. The van der Waals surface area contributed by atoms with Crippen LogP contribution in [0.3, 0.4) is 0 Å². The molecule has 6 atom stereocenters. The van der Waals surface area contributed by atoms with Crippen molar-refractivity contribution in [2.24, 2.45) is 0 Å². The van der Waals surface area contributed by atoms with Crippen molar-refractivity contribution in [3.8, 4) is 0 Å². The second kappa shape index (κ2) is 41.9. The highest BCUT2D eigenvalue weighted by atomic mass is 32.3. The molecule has 370 valence electrons. The molecular formula is C51H88O12S. The molecule has 0 aromatic heterocycles. The molecule has 1 rings (SSSR count). The van der Waals surface area contributed by atoms with Gasteiger partial charge in [-0.1, -0.05) is 183 Å². The smallest absolute Gasteiger partial charge is 0.397 e. The Hall–Kier alpha value is -2.46. The van der Waals surface area contributed by atoms with E-state index in [1.165, 1.54) is 70.6 Å². The van der Waals surface area contributed by atoms with Crippen molar-refractivity contribution in [3.05, 3.63) is 72.9 Å². The van der Waals surface area contributed by atoms with Gasteiger partial charge in [-0.3, -0.25) is 9.35 Å². The molecule has 0 saturated carbocycles. The molecule has 64 heavy (non-hydrogen) atoms. The van der Waals surface area contributed by atoms with Crippen molar-refractivity contribution in [3.63, 3.8) is 0 Å². The topological polar surface area (TPSA) is 178 Å². The van der Waals surface area contributed by atoms with E-state index in [0.29, 0.717) is 13.0 Å². The fraction of sp³-hybridized carbons (Fsp3) is 0.745. The molecule has 4 N–H and O–H groups in total. The van der Waals surface area contributed by atoms with Gasteiger partial charge >= 0.3 is 16.4 Å². The Morgan fingerprint density at radius 1 is 0.609 bits per heavy atom. The van der Waals surface area contributed by atoms with Crippen LogP contribution in [-0.2, 0) is 38.3 Å². The molecule has 0 aliphatic carbocycles. The normalized spacial score (nSPS) is 20.4. The summed E-state index contributed by atoms with van der Waals surface area (Å²) >= 11 is 0. The van der Waals surface area contributed by atoms with Gasteiger partial charge in [-0.05, 0) is 64.2 Å². The number of aliphatic hydroxyl groups is 3. The number of unbranched alkanes of at least 4 members (excludes halogenated alkanes) is 17. The summed E-state index contributed by atoms with van der Waals surface area (Å²) in [6.45, 7) is 3.80. The predicted octanol–water partition coefficient (Wildman–Crippen LogP) is 11.1. The first-order valence-electron chi connectivity index (χ1n) is 24.7. The van der Waals surface area contributed by atoms with Crippen molar-refractivity contribution in [2.45, 2.75) is 218 Å². The lowest BCUT2D eigenvalue weighted by atomic mass is 9.99. The van der Waals surface area contributed by atoms with Gasteiger partial charge in [-0.15, -0.1) is 0 Å². The second-order valence-electron chi connectivity index (χ2n) is 16.7. The summed E-state index contributed by atoms with van der Waals surface area (Å²) < 4.78 is 59.1. The Bertz CT molecular complexity index is 1390. The van der Waals surface area contributed by atoms with Crippen LogP contribution in [0.2, 0.25) is 0 Å². The van der Waals surface area contributed by atoms with Crippen LogP contribution >= 0.6 is 0 Å². The summed E-state index contributed by atoms with van der Waals surface area (Å²) in [4.78, 5) is 12.9. The average Bonchev–Trinajstić information content (AvgIpc) is 3.27. The molecule has 12 nitrogen and oxygen atoms in total. The molecule has 0 aromatic rings. The van der Waals surface area contributed by atoms with Crippen LogP contribution in [0.4, 0.5) is 0 Å². The van der Waals surface area contributed by atoms with Gasteiger partial charge < -0.3 is 34.3 Å². The van der Waals surface area contributed by atoms with E-state index in [-0.39, 0.29) is 19.6 Å².